The number of allylic oxidation sites excluding steroid dienone is 4. The molecule has 0 bridgehead atoms. The Balaban J connectivity index is 1.73. The van der Waals surface area contributed by atoms with Gasteiger partial charge in [0.2, 0.25) is 0 Å². The molecule has 3 nitrogen and oxygen atoms in total. The zero-order valence-electron chi connectivity index (χ0n) is 14.0. The fraction of sp³-hybridized carbons (Fsp3) is 0.400. The third-order valence-electron chi connectivity index (χ3n) is 4.45. The summed E-state index contributed by atoms with van der Waals surface area (Å²) in [6.07, 6.45) is 12.5. The van der Waals surface area contributed by atoms with Crippen LogP contribution in [0.2, 0.25) is 0 Å². The van der Waals surface area contributed by atoms with Crippen LogP contribution in [0.25, 0.3) is 0 Å². The highest BCUT2D eigenvalue weighted by Gasteiger charge is 2.27. The van der Waals surface area contributed by atoms with Crippen molar-refractivity contribution in [3.05, 3.63) is 54.1 Å². The van der Waals surface area contributed by atoms with Crippen LogP contribution in [-0.4, -0.2) is 5.97 Å². The van der Waals surface area contributed by atoms with E-state index in [1.807, 2.05) is 18.2 Å². The number of rotatable bonds is 6. The minimum atomic E-state index is -1.02. The predicted molar refractivity (Wildman–Crippen MR) is 90.6 cm³/mol. The SMILES string of the molecule is N#CC=CC=CCCC1CCC(C(=O)Oc2ccc(F)c(F)c2)CC1. The summed E-state index contributed by atoms with van der Waals surface area (Å²) >= 11 is 0. The van der Waals surface area contributed by atoms with Gasteiger partial charge in [0.1, 0.15) is 5.75 Å². The monoisotopic (exact) mass is 345 g/mol. The van der Waals surface area contributed by atoms with Crippen LogP contribution in [0.15, 0.2) is 42.5 Å². The number of nitriles is 1. The number of carbonyl (C=O) groups excluding carboxylic acids is 1. The van der Waals surface area contributed by atoms with Crippen molar-refractivity contribution in [3.8, 4) is 11.8 Å². The highest BCUT2D eigenvalue weighted by atomic mass is 19.2. The smallest absolute Gasteiger partial charge is 0.314 e. The van der Waals surface area contributed by atoms with Crippen molar-refractivity contribution in [3.63, 3.8) is 0 Å². The van der Waals surface area contributed by atoms with Crippen LogP contribution >= 0.6 is 0 Å². The molecule has 25 heavy (non-hydrogen) atoms. The van der Waals surface area contributed by atoms with Crippen LogP contribution in [0.3, 0.4) is 0 Å². The summed E-state index contributed by atoms with van der Waals surface area (Å²) in [6.45, 7) is 0. The molecular formula is C20H21F2NO2. The Kier molecular flexibility index (Phi) is 7.34. The molecule has 0 saturated heterocycles. The fourth-order valence-corrected chi connectivity index (χ4v) is 3.03. The molecule has 0 amide bonds. The summed E-state index contributed by atoms with van der Waals surface area (Å²) in [6, 6.07) is 5.04. The maximum atomic E-state index is 13.1. The van der Waals surface area contributed by atoms with Crippen molar-refractivity contribution in [2.24, 2.45) is 11.8 Å². The van der Waals surface area contributed by atoms with E-state index in [1.54, 1.807) is 6.08 Å². The average Bonchev–Trinajstić information content (AvgIpc) is 2.61. The molecule has 0 unspecified atom stereocenters. The first-order valence-corrected chi connectivity index (χ1v) is 8.48. The van der Waals surface area contributed by atoms with Crippen LogP contribution in [0, 0.1) is 34.8 Å². The van der Waals surface area contributed by atoms with Gasteiger partial charge in [0.15, 0.2) is 11.6 Å². The Morgan fingerprint density at radius 1 is 1.20 bits per heavy atom. The third-order valence-corrected chi connectivity index (χ3v) is 4.45. The van der Waals surface area contributed by atoms with Crippen LogP contribution in [-0.2, 0) is 4.79 Å². The molecule has 1 aliphatic carbocycles. The lowest BCUT2D eigenvalue weighted by Gasteiger charge is -2.26. The zero-order chi connectivity index (χ0) is 18.1. The second-order valence-electron chi connectivity index (χ2n) is 6.21. The molecular weight excluding hydrogens is 324 g/mol. The van der Waals surface area contributed by atoms with Gasteiger partial charge in [-0.2, -0.15) is 5.26 Å². The fourth-order valence-electron chi connectivity index (χ4n) is 3.03. The minimum Gasteiger partial charge on any atom is -0.426 e. The lowest BCUT2D eigenvalue weighted by atomic mass is 9.80. The summed E-state index contributed by atoms with van der Waals surface area (Å²) in [5, 5.41) is 8.37. The molecule has 0 aromatic heterocycles. The van der Waals surface area contributed by atoms with E-state index in [9.17, 15) is 13.6 Å². The standard InChI is InChI=1S/C20H21F2NO2/c21-18-12-11-17(14-19(18)22)25-20(24)16-9-7-15(8-10-16)6-4-2-1-3-5-13-23/h1-3,5,11-12,14-16H,4,6-10H2. The predicted octanol–water partition coefficient (Wildman–Crippen LogP) is 5.09. The van der Waals surface area contributed by atoms with Gasteiger partial charge in [-0.3, -0.25) is 4.79 Å². The molecule has 2 rings (SSSR count). The highest BCUT2D eigenvalue weighted by molar-refractivity contribution is 5.75. The van der Waals surface area contributed by atoms with Gasteiger partial charge in [-0.05, 0) is 56.6 Å². The first-order valence-electron chi connectivity index (χ1n) is 8.48. The Labute approximate surface area is 146 Å². The Morgan fingerprint density at radius 3 is 2.64 bits per heavy atom. The van der Waals surface area contributed by atoms with E-state index in [4.69, 9.17) is 10.00 Å². The van der Waals surface area contributed by atoms with Gasteiger partial charge in [-0.15, -0.1) is 0 Å². The molecule has 0 atom stereocenters. The molecule has 5 heteroatoms. The molecule has 1 saturated carbocycles. The van der Waals surface area contributed by atoms with Crippen molar-refractivity contribution < 1.29 is 18.3 Å². The Morgan fingerprint density at radius 2 is 1.96 bits per heavy atom. The van der Waals surface area contributed by atoms with Crippen molar-refractivity contribution in [1.29, 1.82) is 5.26 Å². The van der Waals surface area contributed by atoms with E-state index in [1.165, 1.54) is 12.1 Å². The number of carbonyl (C=O) groups is 1. The maximum absolute atomic E-state index is 13.1. The lowest BCUT2D eigenvalue weighted by molar-refractivity contribution is -0.140. The second-order valence-corrected chi connectivity index (χ2v) is 6.21. The quantitative estimate of drug-likeness (QED) is 0.312. The van der Waals surface area contributed by atoms with E-state index >= 15 is 0 Å². The molecule has 0 spiro atoms. The Bertz CT molecular complexity index is 683. The van der Waals surface area contributed by atoms with Crippen molar-refractivity contribution >= 4 is 5.97 Å². The largest absolute Gasteiger partial charge is 0.426 e. The lowest BCUT2D eigenvalue weighted by Crippen LogP contribution is -2.25. The first-order chi connectivity index (χ1) is 12.1. The van der Waals surface area contributed by atoms with Gasteiger partial charge in [0.05, 0.1) is 12.0 Å². The number of hydrogen-bond donors (Lipinski definition) is 0. The number of benzene rings is 1. The summed E-state index contributed by atoms with van der Waals surface area (Å²) in [4.78, 5) is 12.1. The van der Waals surface area contributed by atoms with E-state index in [0.29, 0.717) is 5.92 Å². The number of nitrogens with zero attached hydrogens (tertiary/aromatic N) is 1. The highest BCUT2D eigenvalue weighted by Crippen LogP contribution is 2.32. The normalized spacial score (nSPS) is 20.7. The van der Waals surface area contributed by atoms with Gasteiger partial charge in [0, 0.05) is 12.1 Å². The minimum absolute atomic E-state index is 0.0431. The molecule has 0 N–H and O–H groups in total. The van der Waals surface area contributed by atoms with Gasteiger partial charge < -0.3 is 4.74 Å². The van der Waals surface area contributed by atoms with Gasteiger partial charge in [-0.25, -0.2) is 8.78 Å². The second kappa shape index (κ2) is 9.73. The molecule has 0 heterocycles. The van der Waals surface area contributed by atoms with Crippen molar-refractivity contribution in [1.82, 2.24) is 0 Å². The summed E-state index contributed by atoms with van der Waals surface area (Å²) in [5.74, 6) is -1.91. The summed E-state index contributed by atoms with van der Waals surface area (Å²) in [5.41, 5.74) is 0. The van der Waals surface area contributed by atoms with E-state index in [-0.39, 0.29) is 17.6 Å². The molecule has 0 aliphatic heterocycles. The van der Waals surface area contributed by atoms with Gasteiger partial charge in [0.25, 0.3) is 0 Å². The van der Waals surface area contributed by atoms with Crippen LogP contribution in [0.5, 0.6) is 5.75 Å². The summed E-state index contributed by atoms with van der Waals surface area (Å²) in [7, 11) is 0. The summed E-state index contributed by atoms with van der Waals surface area (Å²) < 4.78 is 31.2. The Hall–Kier alpha value is -2.48. The topological polar surface area (TPSA) is 50.1 Å². The first kappa shape index (κ1) is 18.9. The van der Waals surface area contributed by atoms with Crippen LogP contribution in [0.4, 0.5) is 8.78 Å². The number of halogens is 2. The molecule has 1 fully saturated rings. The third kappa shape index (κ3) is 6.15. The van der Waals surface area contributed by atoms with Crippen molar-refractivity contribution in [2.75, 3.05) is 0 Å². The number of hydrogen-bond acceptors (Lipinski definition) is 3. The molecule has 1 aromatic rings. The van der Waals surface area contributed by atoms with E-state index in [0.717, 1.165) is 50.7 Å². The van der Waals surface area contributed by atoms with Crippen LogP contribution < -0.4 is 4.74 Å². The number of ether oxygens (including phenoxy) is 1. The molecule has 132 valence electrons. The van der Waals surface area contributed by atoms with Gasteiger partial charge in [-0.1, -0.05) is 18.2 Å². The van der Waals surface area contributed by atoms with Crippen molar-refractivity contribution in [2.45, 2.75) is 38.5 Å². The zero-order valence-corrected chi connectivity index (χ0v) is 14.0. The average molecular weight is 345 g/mol. The van der Waals surface area contributed by atoms with E-state index < -0.39 is 11.6 Å². The molecule has 1 aromatic carbocycles. The maximum Gasteiger partial charge on any atom is 0.314 e. The molecule has 1 aliphatic rings. The van der Waals surface area contributed by atoms with E-state index in [2.05, 4.69) is 0 Å². The molecule has 0 radical (unpaired) electrons. The number of esters is 1. The van der Waals surface area contributed by atoms with Gasteiger partial charge >= 0.3 is 5.97 Å². The van der Waals surface area contributed by atoms with Crippen LogP contribution in [0.1, 0.15) is 38.5 Å².